The molecule has 4 aromatic rings. The van der Waals surface area contributed by atoms with E-state index in [-0.39, 0.29) is 24.4 Å². The van der Waals surface area contributed by atoms with E-state index in [4.69, 9.17) is 0 Å². The zero-order valence-corrected chi connectivity index (χ0v) is 19.9. The molecule has 1 aliphatic rings. The van der Waals surface area contributed by atoms with Crippen molar-refractivity contribution in [3.63, 3.8) is 0 Å². The van der Waals surface area contributed by atoms with E-state index < -0.39 is 29.5 Å². The molecular weight excluding hydrogens is 492 g/mol. The number of aromatic nitrogens is 1. The van der Waals surface area contributed by atoms with Gasteiger partial charge in [0, 0.05) is 17.6 Å². The summed E-state index contributed by atoms with van der Waals surface area (Å²) in [4.78, 5) is 40.8. The van der Waals surface area contributed by atoms with E-state index in [0.29, 0.717) is 22.5 Å². The molecule has 0 radical (unpaired) electrons. The van der Waals surface area contributed by atoms with Crippen LogP contribution in [0.5, 0.6) is 0 Å². The van der Waals surface area contributed by atoms with Crippen LogP contribution < -0.4 is 0 Å². The second-order valence-corrected chi connectivity index (χ2v) is 8.70. The van der Waals surface area contributed by atoms with E-state index in [1.54, 1.807) is 41.1 Å². The van der Waals surface area contributed by atoms with E-state index in [9.17, 15) is 28.3 Å². The molecule has 0 unspecified atom stereocenters. The highest BCUT2D eigenvalue weighted by molar-refractivity contribution is 6.13. The molecule has 0 saturated carbocycles. The third-order valence-corrected chi connectivity index (χ3v) is 6.16. The minimum atomic E-state index is -1.07. The van der Waals surface area contributed by atoms with Gasteiger partial charge in [-0.25, -0.2) is 18.4 Å². The largest absolute Gasteiger partial charge is 0.478 e. The lowest BCUT2D eigenvalue weighted by atomic mass is 10.2. The first-order valence-electron chi connectivity index (χ1n) is 11.7. The number of hydrogen-bond acceptors (Lipinski definition) is 3. The van der Waals surface area contributed by atoms with Crippen molar-refractivity contribution < 1.29 is 28.3 Å². The number of carbonyl (C=O) groups excluding carboxylic acids is 2. The standard InChI is InChI=1S/C29H21F2N3O4/c30-22-10-6-19(7-11-22)17-33-26(27(35)34(29(33)38)18-20-8-12-23(31)13-9-20)16-25-5-2-14-32(25)24-4-1-3-21(15-24)28(36)37/h1-16H,17-18H2,(H,36,37)/b26-16-. The summed E-state index contributed by atoms with van der Waals surface area (Å²) in [6.07, 6.45) is 3.27. The van der Waals surface area contributed by atoms with Crippen molar-refractivity contribution >= 4 is 24.0 Å². The highest BCUT2D eigenvalue weighted by atomic mass is 19.1. The molecule has 3 aromatic carbocycles. The quantitative estimate of drug-likeness (QED) is 0.263. The van der Waals surface area contributed by atoms with Gasteiger partial charge in [-0.1, -0.05) is 30.3 Å². The highest BCUT2D eigenvalue weighted by Crippen LogP contribution is 2.28. The fourth-order valence-corrected chi connectivity index (χ4v) is 4.24. The number of imide groups is 1. The Morgan fingerprint density at radius 3 is 2.00 bits per heavy atom. The molecule has 0 spiro atoms. The Balaban J connectivity index is 1.54. The summed E-state index contributed by atoms with van der Waals surface area (Å²) in [5.41, 5.74) is 2.49. The second-order valence-electron chi connectivity index (χ2n) is 8.70. The zero-order chi connectivity index (χ0) is 26.8. The SMILES string of the molecule is O=C(O)c1cccc(-n2cccc2/C=C2/C(=O)N(Cc3ccc(F)cc3)C(=O)N2Cc2ccc(F)cc2)c1. The van der Waals surface area contributed by atoms with Gasteiger partial charge in [-0.15, -0.1) is 0 Å². The van der Waals surface area contributed by atoms with E-state index in [1.807, 2.05) is 0 Å². The maximum atomic E-state index is 13.5. The predicted octanol–water partition coefficient (Wildman–Crippen LogP) is 5.46. The van der Waals surface area contributed by atoms with Crippen LogP contribution in [-0.2, 0) is 17.9 Å². The van der Waals surface area contributed by atoms with Crippen LogP contribution in [0.25, 0.3) is 11.8 Å². The van der Waals surface area contributed by atoms with Gasteiger partial charge in [0.15, 0.2) is 0 Å². The molecule has 1 saturated heterocycles. The molecule has 2 heterocycles. The lowest BCUT2D eigenvalue weighted by molar-refractivity contribution is -0.123. The first kappa shape index (κ1) is 24.6. The number of rotatable bonds is 7. The Morgan fingerprint density at radius 1 is 0.789 bits per heavy atom. The van der Waals surface area contributed by atoms with Crippen molar-refractivity contribution in [3.05, 3.63) is 131 Å². The van der Waals surface area contributed by atoms with Crippen LogP contribution in [0.4, 0.5) is 13.6 Å². The molecule has 1 aromatic heterocycles. The molecule has 0 bridgehead atoms. The van der Waals surface area contributed by atoms with Crippen molar-refractivity contribution in [1.29, 1.82) is 0 Å². The van der Waals surface area contributed by atoms with E-state index in [1.165, 1.54) is 65.6 Å². The number of carboxylic acids is 1. The molecule has 5 rings (SSSR count). The van der Waals surface area contributed by atoms with Gasteiger partial charge in [-0.05, 0) is 71.8 Å². The lowest BCUT2D eigenvalue weighted by Crippen LogP contribution is -2.32. The van der Waals surface area contributed by atoms with Crippen LogP contribution in [0.3, 0.4) is 0 Å². The molecule has 3 amide bonds. The highest BCUT2D eigenvalue weighted by Gasteiger charge is 2.41. The van der Waals surface area contributed by atoms with E-state index in [0.717, 1.165) is 4.90 Å². The molecule has 9 heteroatoms. The summed E-state index contributed by atoms with van der Waals surface area (Å²) in [6, 6.07) is 20.4. The van der Waals surface area contributed by atoms with Gasteiger partial charge in [0.2, 0.25) is 0 Å². The van der Waals surface area contributed by atoms with Crippen molar-refractivity contribution in [3.8, 4) is 5.69 Å². The Bertz CT molecular complexity index is 1560. The number of hydrogen-bond donors (Lipinski definition) is 1. The molecule has 7 nitrogen and oxygen atoms in total. The normalized spacial score (nSPS) is 14.5. The third kappa shape index (κ3) is 4.94. The summed E-state index contributed by atoms with van der Waals surface area (Å²) >= 11 is 0. The number of nitrogens with zero attached hydrogens (tertiary/aromatic N) is 3. The maximum absolute atomic E-state index is 13.5. The van der Waals surface area contributed by atoms with Crippen LogP contribution in [0.1, 0.15) is 27.2 Å². The van der Waals surface area contributed by atoms with Crippen molar-refractivity contribution in [2.45, 2.75) is 13.1 Å². The smallest absolute Gasteiger partial charge is 0.335 e. The van der Waals surface area contributed by atoms with E-state index >= 15 is 0 Å². The maximum Gasteiger partial charge on any atom is 0.335 e. The van der Waals surface area contributed by atoms with Crippen LogP contribution >= 0.6 is 0 Å². The first-order chi connectivity index (χ1) is 18.3. The first-order valence-corrected chi connectivity index (χ1v) is 11.7. The third-order valence-electron chi connectivity index (χ3n) is 6.16. The monoisotopic (exact) mass is 513 g/mol. The van der Waals surface area contributed by atoms with E-state index in [2.05, 4.69) is 0 Å². The molecule has 0 atom stereocenters. The molecule has 38 heavy (non-hydrogen) atoms. The average Bonchev–Trinajstić information content (AvgIpc) is 3.46. The van der Waals surface area contributed by atoms with Crippen molar-refractivity contribution in [2.24, 2.45) is 0 Å². The zero-order valence-electron chi connectivity index (χ0n) is 19.9. The Hall–Kier alpha value is -5.05. The topological polar surface area (TPSA) is 82.8 Å². The van der Waals surface area contributed by atoms with Gasteiger partial charge in [0.25, 0.3) is 5.91 Å². The summed E-state index contributed by atoms with van der Waals surface area (Å²) in [6.45, 7) is -0.0390. The van der Waals surface area contributed by atoms with Crippen LogP contribution in [0, 0.1) is 11.6 Å². The van der Waals surface area contributed by atoms with Crippen LogP contribution in [-0.4, -0.2) is 37.4 Å². The van der Waals surface area contributed by atoms with Gasteiger partial charge in [-0.2, -0.15) is 0 Å². The number of carboxylic acid groups (broad SMARTS) is 1. The predicted molar refractivity (Wildman–Crippen MR) is 135 cm³/mol. The molecule has 1 fully saturated rings. The van der Waals surface area contributed by atoms with Gasteiger partial charge in [0.05, 0.1) is 18.7 Å². The Morgan fingerprint density at radius 2 is 1.39 bits per heavy atom. The summed E-state index contributed by atoms with van der Waals surface area (Å²) in [5, 5.41) is 9.37. The number of benzene rings is 3. The average molecular weight is 514 g/mol. The second kappa shape index (κ2) is 10.1. The number of amides is 3. The molecule has 1 N–H and O–H groups in total. The number of halogens is 2. The Labute approximate surface area is 216 Å². The molecule has 1 aliphatic heterocycles. The molecular formula is C29H21F2N3O4. The number of urea groups is 1. The van der Waals surface area contributed by atoms with Crippen molar-refractivity contribution in [1.82, 2.24) is 14.4 Å². The fourth-order valence-electron chi connectivity index (χ4n) is 4.24. The minimum absolute atomic E-state index is 0.0197. The molecule has 0 aliphatic carbocycles. The van der Waals surface area contributed by atoms with Crippen molar-refractivity contribution in [2.75, 3.05) is 0 Å². The summed E-state index contributed by atoms with van der Waals surface area (Å²) in [5.74, 6) is -2.47. The van der Waals surface area contributed by atoms with Gasteiger partial charge in [0.1, 0.15) is 17.3 Å². The van der Waals surface area contributed by atoms with Crippen LogP contribution in [0.15, 0.2) is 96.8 Å². The Kier molecular flexibility index (Phi) is 6.57. The lowest BCUT2D eigenvalue weighted by Gasteiger charge is -2.18. The van der Waals surface area contributed by atoms with Gasteiger partial charge in [-0.3, -0.25) is 14.6 Å². The summed E-state index contributed by atoms with van der Waals surface area (Å²) < 4.78 is 28.5. The minimum Gasteiger partial charge on any atom is -0.478 e. The fraction of sp³-hybridized carbons (Fsp3) is 0.0690. The van der Waals surface area contributed by atoms with Gasteiger partial charge >= 0.3 is 12.0 Å². The summed E-state index contributed by atoms with van der Waals surface area (Å²) in [7, 11) is 0. The molecule has 190 valence electrons. The van der Waals surface area contributed by atoms with Crippen LogP contribution in [0.2, 0.25) is 0 Å². The number of aromatic carboxylic acids is 1. The number of carbonyl (C=O) groups is 3. The van der Waals surface area contributed by atoms with Gasteiger partial charge < -0.3 is 9.67 Å².